The van der Waals surface area contributed by atoms with Gasteiger partial charge in [0.15, 0.2) is 0 Å². The Labute approximate surface area is 145 Å². The SMILES string of the molecule is CO/N=C(\C)C1C(=O)N(c2ccccc2)N=C1Sc1ccccc1. The zero-order chi connectivity index (χ0) is 16.9. The lowest BCUT2D eigenvalue weighted by molar-refractivity contribution is -0.118. The molecule has 1 amide bonds. The van der Waals surface area contributed by atoms with Crippen LogP contribution >= 0.6 is 11.8 Å². The molecular weight excluding hydrogens is 322 g/mol. The molecule has 1 unspecified atom stereocenters. The van der Waals surface area contributed by atoms with Gasteiger partial charge >= 0.3 is 0 Å². The molecule has 0 N–H and O–H groups in total. The third-order valence-corrected chi connectivity index (χ3v) is 4.56. The molecule has 6 heteroatoms. The van der Waals surface area contributed by atoms with E-state index in [0.29, 0.717) is 10.8 Å². The van der Waals surface area contributed by atoms with Crippen molar-refractivity contribution in [3.63, 3.8) is 0 Å². The maximum absolute atomic E-state index is 12.9. The van der Waals surface area contributed by atoms with Crippen LogP contribution in [0.1, 0.15) is 6.92 Å². The maximum atomic E-state index is 12.9. The monoisotopic (exact) mass is 339 g/mol. The number of hydrogen-bond acceptors (Lipinski definition) is 5. The van der Waals surface area contributed by atoms with Crippen LogP contribution in [-0.2, 0) is 9.63 Å². The molecule has 0 aliphatic carbocycles. The zero-order valence-corrected chi connectivity index (χ0v) is 14.2. The minimum atomic E-state index is -0.532. The van der Waals surface area contributed by atoms with Gasteiger partial charge in [-0.05, 0) is 31.2 Å². The fourth-order valence-electron chi connectivity index (χ4n) is 2.43. The third-order valence-electron chi connectivity index (χ3n) is 3.52. The molecule has 0 radical (unpaired) electrons. The summed E-state index contributed by atoms with van der Waals surface area (Å²) in [5.74, 6) is -0.659. The van der Waals surface area contributed by atoms with Gasteiger partial charge in [-0.2, -0.15) is 10.1 Å². The fraction of sp³-hybridized carbons (Fsp3) is 0.167. The van der Waals surface area contributed by atoms with Gasteiger partial charge in [0.05, 0.1) is 11.4 Å². The van der Waals surface area contributed by atoms with Gasteiger partial charge in [0.25, 0.3) is 5.91 Å². The maximum Gasteiger partial charge on any atom is 0.263 e. The highest BCUT2D eigenvalue weighted by molar-refractivity contribution is 8.14. The van der Waals surface area contributed by atoms with Crippen molar-refractivity contribution in [2.24, 2.45) is 16.2 Å². The minimum absolute atomic E-state index is 0.127. The quantitative estimate of drug-likeness (QED) is 0.629. The molecule has 24 heavy (non-hydrogen) atoms. The van der Waals surface area contributed by atoms with Gasteiger partial charge in [-0.15, -0.1) is 0 Å². The fourth-order valence-corrected chi connectivity index (χ4v) is 3.48. The van der Waals surface area contributed by atoms with E-state index < -0.39 is 5.92 Å². The van der Waals surface area contributed by atoms with Crippen molar-refractivity contribution in [3.05, 3.63) is 60.7 Å². The van der Waals surface area contributed by atoms with E-state index in [0.717, 1.165) is 10.6 Å². The second-order valence-electron chi connectivity index (χ2n) is 5.19. The molecule has 2 aromatic rings. The molecule has 0 saturated heterocycles. The van der Waals surface area contributed by atoms with E-state index in [1.54, 1.807) is 6.92 Å². The second kappa shape index (κ2) is 7.31. The molecular formula is C18H17N3O2S. The highest BCUT2D eigenvalue weighted by Gasteiger charge is 2.39. The molecule has 122 valence electrons. The number of oxime groups is 1. The van der Waals surface area contributed by atoms with Crippen molar-refractivity contribution in [3.8, 4) is 0 Å². The first-order valence-electron chi connectivity index (χ1n) is 7.49. The first-order valence-corrected chi connectivity index (χ1v) is 8.30. The lowest BCUT2D eigenvalue weighted by Crippen LogP contribution is -2.31. The van der Waals surface area contributed by atoms with E-state index in [2.05, 4.69) is 10.3 Å². The lowest BCUT2D eigenvalue weighted by atomic mass is 10.1. The summed E-state index contributed by atoms with van der Waals surface area (Å²) in [7, 11) is 1.47. The number of carbonyl (C=O) groups is 1. The summed E-state index contributed by atoms with van der Waals surface area (Å²) in [5.41, 5.74) is 1.32. The van der Waals surface area contributed by atoms with Gasteiger partial charge in [-0.3, -0.25) is 4.79 Å². The average Bonchev–Trinajstić information content (AvgIpc) is 2.93. The van der Waals surface area contributed by atoms with E-state index in [1.807, 2.05) is 60.7 Å². The first-order chi connectivity index (χ1) is 11.7. The van der Waals surface area contributed by atoms with E-state index in [1.165, 1.54) is 23.9 Å². The van der Waals surface area contributed by atoms with Gasteiger partial charge in [0.2, 0.25) is 0 Å². The zero-order valence-electron chi connectivity index (χ0n) is 13.4. The van der Waals surface area contributed by atoms with Crippen LogP contribution in [0.15, 0.2) is 75.8 Å². The van der Waals surface area contributed by atoms with Crippen molar-refractivity contribution < 1.29 is 9.63 Å². The standard InChI is InChI=1S/C18H17N3O2S/c1-13(20-23-2)16-17(24-15-11-7-4-8-12-15)19-21(18(16)22)14-9-5-3-6-10-14/h3-12,16H,1-2H3/b20-13+. The molecule has 1 heterocycles. The Hall–Kier alpha value is -2.60. The molecule has 5 nitrogen and oxygen atoms in total. The lowest BCUT2D eigenvalue weighted by Gasteiger charge is -2.13. The largest absolute Gasteiger partial charge is 0.399 e. The number of benzene rings is 2. The number of anilines is 1. The Morgan fingerprint density at radius 3 is 2.38 bits per heavy atom. The van der Waals surface area contributed by atoms with E-state index >= 15 is 0 Å². The van der Waals surface area contributed by atoms with E-state index in [9.17, 15) is 4.79 Å². The number of carbonyl (C=O) groups excluding carboxylic acids is 1. The van der Waals surface area contributed by atoms with Crippen molar-refractivity contribution in [2.45, 2.75) is 11.8 Å². The van der Waals surface area contributed by atoms with Gasteiger partial charge in [0.1, 0.15) is 18.1 Å². The number of amides is 1. The van der Waals surface area contributed by atoms with Crippen LogP contribution < -0.4 is 5.01 Å². The van der Waals surface area contributed by atoms with Crippen molar-refractivity contribution >= 4 is 34.1 Å². The molecule has 0 saturated carbocycles. The number of rotatable bonds is 4. The molecule has 0 aromatic heterocycles. The molecule has 1 aliphatic rings. The van der Waals surface area contributed by atoms with Crippen LogP contribution in [0.3, 0.4) is 0 Å². The normalized spacial score (nSPS) is 17.8. The molecule has 0 spiro atoms. The Morgan fingerprint density at radius 1 is 1.12 bits per heavy atom. The average molecular weight is 339 g/mol. The summed E-state index contributed by atoms with van der Waals surface area (Å²) in [6.45, 7) is 1.78. The second-order valence-corrected chi connectivity index (χ2v) is 6.28. The Balaban J connectivity index is 1.96. The number of hydrogen-bond donors (Lipinski definition) is 0. The first kappa shape index (κ1) is 16.3. The highest BCUT2D eigenvalue weighted by atomic mass is 32.2. The molecule has 2 aromatic carbocycles. The predicted octanol–water partition coefficient (Wildman–Crippen LogP) is 3.78. The number of hydrazone groups is 1. The van der Waals surface area contributed by atoms with Gasteiger partial charge in [-0.25, -0.2) is 0 Å². The van der Waals surface area contributed by atoms with E-state index in [-0.39, 0.29) is 5.91 Å². The predicted molar refractivity (Wildman–Crippen MR) is 97.3 cm³/mol. The summed E-state index contributed by atoms with van der Waals surface area (Å²) in [4.78, 5) is 18.8. The molecule has 0 bridgehead atoms. The van der Waals surface area contributed by atoms with Gasteiger partial charge in [-0.1, -0.05) is 53.3 Å². The Bertz CT molecular complexity index is 775. The minimum Gasteiger partial charge on any atom is -0.399 e. The van der Waals surface area contributed by atoms with Crippen LogP contribution in [0.25, 0.3) is 0 Å². The van der Waals surface area contributed by atoms with Crippen molar-refractivity contribution in [2.75, 3.05) is 12.1 Å². The Kier molecular flexibility index (Phi) is 4.96. The van der Waals surface area contributed by atoms with Gasteiger partial charge < -0.3 is 4.84 Å². The van der Waals surface area contributed by atoms with Crippen molar-refractivity contribution in [1.82, 2.24) is 0 Å². The summed E-state index contributed by atoms with van der Waals surface area (Å²) in [6, 6.07) is 19.2. The summed E-state index contributed by atoms with van der Waals surface area (Å²) >= 11 is 1.47. The number of para-hydroxylation sites is 1. The topological polar surface area (TPSA) is 54.3 Å². The van der Waals surface area contributed by atoms with Crippen LogP contribution in [-0.4, -0.2) is 23.8 Å². The smallest absolute Gasteiger partial charge is 0.263 e. The Morgan fingerprint density at radius 2 is 1.75 bits per heavy atom. The van der Waals surface area contributed by atoms with E-state index in [4.69, 9.17) is 4.84 Å². The molecule has 1 atom stereocenters. The van der Waals surface area contributed by atoms with Gasteiger partial charge in [0, 0.05) is 4.90 Å². The van der Waals surface area contributed by atoms with Crippen LogP contribution in [0.2, 0.25) is 0 Å². The van der Waals surface area contributed by atoms with Crippen LogP contribution in [0, 0.1) is 5.92 Å². The third kappa shape index (κ3) is 3.33. The van der Waals surface area contributed by atoms with Crippen LogP contribution in [0.5, 0.6) is 0 Å². The summed E-state index contributed by atoms with van der Waals surface area (Å²) in [6.07, 6.45) is 0. The summed E-state index contributed by atoms with van der Waals surface area (Å²) in [5, 5.41) is 10.6. The number of thioether (sulfide) groups is 1. The molecule has 0 fully saturated rings. The molecule has 1 aliphatic heterocycles. The highest BCUT2D eigenvalue weighted by Crippen LogP contribution is 2.32. The summed E-state index contributed by atoms with van der Waals surface area (Å²) < 4.78 is 0. The number of nitrogens with zero attached hydrogens (tertiary/aromatic N) is 3. The van der Waals surface area contributed by atoms with Crippen LogP contribution in [0.4, 0.5) is 5.69 Å². The molecule has 3 rings (SSSR count). The van der Waals surface area contributed by atoms with Crippen molar-refractivity contribution in [1.29, 1.82) is 0 Å².